The molecule has 48 heavy (non-hydrogen) atoms. The Hall–Kier alpha value is -3.34. The molecule has 0 aliphatic carbocycles. The highest BCUT2D eigenvalue weighted by Crippen LogP contribution is 2.33. The quantitative estimate of drug-likeness (QED) is 0.0999. The molecule has 270 valence electrons. The molecular formula is C38H61N3O6S. The number of benzene rings is 1. The van der Waals surface area contributed by atoms with E-state index in [2.05, 4.69) is 31.1 Å². The number of hydrogen-bond acceptors (Lipinski definition) is 8. The minimum atomic E-state index is -0.897. The lowest BCUT2D eigenvalue weighted by Crippen LogP contribution is -2.62. The van der Waals surface area contributed by atoms with Crippen LogP contribution in [0.25, 0.3) is 0 Å². The first kappa shape index (κ1) is 44.7. The highest BCUT2D eigenvalue weighted by atomic mass is 32.2. The van der Waals surface area contributed by atoms with Crippen LogP contribution in [0.4, 0.5) is 0 Å². The molecule has 1 aromatic carbocycles. The monoisotopic (exact) mass is 687 g/mol. The van der Waals surface area contributed by atoms with E-state index >= 15 is 0 Å². The average molecular weight is 688 g/mol. The third-order valence-corrected chi connectivity index (χ3v) is 8.98. The molecule has 0 heterocycles. The van der Waals surface area contributed by atoms with E-state index in [4.69, 9.17) is 14.2 Å². The van der Waals surface area contributed by atoms with Crippen LogP contribution in [0.2, 0.25) is 0 Å². The van der Waals surface area contributed by atoms with Crippen LogP contribution in [0.5, 0.6) is 5.75 Å². The van der Waals surface area contributed by atoms with E-state index in [0.717, 1.165) is 16.9 Å². The van der Waals surface area contributed by atoms with Crippen LogP contribution < -0.4 is 15.4 Å². The SMILES string of the molecule is C=C/C=C(\C=C/COC)CSC(C)(C)C(NC(=O)C(NC)C(C)(C)c1ccc(OC)cc1)C(=O)N(C)C/C=C(\C)C(=O)OCC.CCC. The van der Waals surface area contributed by atoms with Gasteiger partial charge in [-0.3, -0.25) is 9.59 Å². The summed E-state index contributed by atoms with van der Waals surface area (Å²) in [5, 5.41) is 6.28. The van der Waals surface area contributed by atoms with Gasteiger partial charge < -0.3 is 29.7 Å². The zero-order chi connectivity index (χ0) is 36.9. The number of likely N-dealkylation sites (N-methyl/N-ethyl adjacent to an activating group) is 2. The topological polar surface area (TPSA) is 106 Å². The average Bonchev–Trinajstić information content (AvgIpc) is 3.05. The van der Waals surface area contributed by atoms with Crippen molar-refractivity contribution in [1.29, 1.82) is 0 Å². The smallest absolute Gasteiger partial charge is 0.333 e. The van der Waals surface area contributed by atoms with Gasteiger partial charge in [-0.15, -0.1) is 11.8 Å². The Morgan fingerprint density at radius 2 is 1.65 bits per heavy atom. The normalized spacial score (nSPS) is 13.6. The Morgan fingerprint density at radius 1 is 1.04 bits per heavy atom. The largest absolute Gasteiger partial charge is 0.497 e. The van der Waals surface area contributed by atoms with Crippen LogP contribution in [0.3, 0.4) is 0 Å². The maximum atomic E-state index is 14.1. The molecule has 2 atom stereocenters. The second kappa shape index (κ2) is 23.1. The fraction of sp³-hybridized carbons (Fsp3) is 0.553. The number of methoxy groups -OCH3 is 2. The van der Waals surface area contributed by atoms with Gasteiger partial charge in [0.25, 0.3) is 0 Å². The number of amides is 2. The summed E-state index contributed by atoms with van der Waals surface area (Å²) in [6.45, 7) is 20.2. The third kappa shape index (κ3) is 14.8. The molecule has 0 aliphatic heterocycles. The molecule has 0 spiro atoms. The molecule has 0 radical (unpaired) electrons. The van der Waals surface area contributed by atoms with E-state index in [1.54, 1.807) is 66.1 Å². The van der Waals surface area contributed by atoms with Gasteiger partial charge in [-0.25, -0.2) is 4.79 Å². The van der Waals surface area contributed by atoms with Crippen molar-refractivity contribution >= 4 is 29.5 Å². The molecule has 9 nitrogen and oxygen atoms in total. The van der Waals surface area contributed by atoms with Crippen molar-refractivity contribution in [2.24, 2.45) is 0 Å². The lowest BCUT2D eigenvalue weighted by molar-refractivity contribution is -0.138. The van der Waals surface area contributed by atoms with Gasteiger partial charge in [-0.2, -0.15) is 0 Å². The first-order valence-electron chi connectivity index (χ1n) is 16.4. The summed E-state index contributed by atoms with van der Waals surface area (Å²) in [5.74, 6) is 0.271. The fourth-order valence-corrected chi connectivity index (χ4v) is 5.69. The van der Waals surface area contributed by atoms with Gasteiger partial charge in [0, 0.05) is 42.2 Å². The number of carbonyl (C=O) groups excluding carboxylic acids is 3. The first-order chi connectivity index (χ1) is 22.6. The summed E-state index contributed by atoms with van der Waals surface area (Å²) in [6.07, 6.45) is 10.4. The van der Waals surface area contributed by atoms with Crippen LogP contribution in [-0.2, 0) is 29.3 Å². The maximum Gasteiger partial charge on any atom is 0.333 e. The number of thioether (sulfide) groups is 1. The predicted octanol–water partition coefficient (Wildman–Crippen LogP) is 6.26. The third-order valence-electron chi connectivity index (χ3n) is 7.52. The van der Waals surface area contributed by atoms with Crippen LogP contribution in [0, 0.1) is 0 Å². The van der Waals surface area contributed by atoms with E-state index < -0.39 is 28.2 Å². The van der Waals surface area contributed by atoms with Crippen molar-refractivity contribution in [2.75, 3.05) is 53.8 Å². The van der Waals surface area contributed by atoms with Gasteiger partial charge in [-0.05, 0) is 58.0 Å². The number of carbonyl (C=O) groups is 3. The summed E-state index contributed by atoms with van der Waals surface area (Å²) >= 11 is 1.55. The Morgan fingerprint density at radius 3 is 2.15 bits per heavy atom. The highest BCUT2D eigenvalue weighted by Gasteiger charge is 2.42. The molecule has 0 saturated heterocycles. The second-order valence-corrected chi connectivity index (χ2v) is 14.0. The predicted molar refractivity (Wildman–Crippen MR) is 201 cm³/mol. The number of hydrogen-bond donors (Lipinski definition) is 2. The molecule has 1 aromatic rings. The lowest BCUT2D eigenvalue weighted by Gasteiger charge is -2.39. The number of nitrogens with one attached hydrogen (secondary N) is 2. The van der Waals surface area contributed by atoms with Gasteiger partial charge in [0.1, 0.15) is 11.8 Å². The van der Waals surface area contributed by atoms with Crippen molar-refractivity contribution in [1.82, 2.24) is 15.5 Å². The summed E-state index contributed by atoms with van der Waals surface area (Å²) in [7, 11) is 6.63. The first-order valence-corrected chi connectivity index (χ1v) is 17.4. The summed E-state index contributed by atoms with van der Waals surface area (Å²) < 4.78 is 14.8. The van der Waals surface area contributed by atoms with E-state index in [1.165, 1.54) is 11.3 Å². The highest BCUT2D eigenvalue weighted by molar-refractivity contribution is 8.00. The minimum absolute atomic E-state index is 0.171. The Bertz CT molecular complexity index is 1240. The van der Waals surface area contributed by atoms with Crippen molar-refractivity contribution in [3.63, 3.8) is 0 Å². The molecular weight excluding hydrogens is 627 g/mol. The number of esters is 1. The maximum absolute atomic E-state index is 14.1. The second-order valence-electron chi connectivity index (χ2n) is 12.4. The molecule has 2 unspecified atom stereocenters. The van der Waals surface area contributed by atoms with Crippen LogP contribution in [0.15, 0.2) is 72.4 Å². The van der Waals surface area contributed by atoms with Crippen molar-refractivity contribution in [2.45, 2.75) is 84.1 Å². The van der Waals surface area contributed by atoms with Crippen molar-refractivity contribution in [3.8, 4) is 5.75 Å². The summed E-state index contributed by atoms with van der Waals surface area (Å²) in [6, 6.07) is 6.05. The van der Waals surface area contributed by atoms with Gasteiger partial charge >= 0.3 is 5.97 Å². The molecule has 0 saturated carbocycles. The Kier molecular flexibility index (Phi) is 21.5. The molecule has 0 fully saturated rings. The van der Waals surface area contributed by atoms with Crippen LogP contribution in [-0.4, -0.2) is 93.3 Å². The molecule has 0 aromatic heterocycles. The Balaban J connectivity index is 0.00000707. The number of ether oxygens (including phenoxy) is 3. The van der Waals surface area contributed by atoms with Crippen molar-refractivity contribution < 1.29 is 28.6 Å². The molecule has 1 rings (SSSR count). The standard InChI is InChI=1S/C35H53N3O6S.C3H8/c1-12-15-26(16-14-23-42-10)24-45-35(6,7)30(32(40)38(9)22-21-25(3)33(41)44-13-2)37-31(39)29(36-8)34(4,5)27-17-19-28(43-11)20-18-27;1-3-2/h12,14-21,29-30,36H,1,13,22-24H2,2-11H3,(H,37,39);3H2,1-2H3/b16-14-,25-21+,26-15+;. The summed E-state index contributed by atoms with van der Waals surface area (Å²) in [5.41, 5.74) is 1.71. The van der Waals surface area contributed by atoms with Crippen LogP contribution in [0.1, 0.15) is 67.4 Å². The molecule has 2 amide bonds. The molecule has 2 N–H and O–H groups in total. The molecule has 0 aliphatic rings. The van der Waals surface area contributed by atoms with E-state index in [0.29, 0.717) is 17.9 Å². The van der Waals surface area contributed by atoms with E-state index in [9.17, 15) is 14.4 Å². The lowest BCUT2D eigenvalue weighted by atomic mass is 9.77. The fourth-order valence-electron chi connectivity index (χ4n) is 4.63. The zero-order valence-electron chi connectivity index (χ0n) is 31.4. The zero-order valence-corrected chi connectivity index (χ0v) is 32.2. The number of nitrogens with zero attached hydrogens (tertiary/aromatic N) is 1. The van der Waals surface area contributed by atoms with Gasteiger partial charge in [0.05, 0.1) is 26.4 Å². The number of rotatable bonds is 19. The van der Waals surface area contributed by atoms with Gasteiger partial charge in [-0.1, -0.05) is 83.2 Å². The number of allylic oxidation sites excluding steroid dienone is 3. The van der Waals surface area contributed by atoms with Crippen LogP contribution >= 0.6 is 11.8 Å². The minimum Gasteiger partial charge on any atom is -0.497 e. The van der Waals surface area contributed by atoms with Crippen molar-refractivity contribution in [3.05, 3.63) is 77.9 Å². The summed E-state index contributed by atoms with van der Waals surface area (Å²) in [4.78, 5) is 41.7. The van der Waals surface area contributed by atoms with Gasteiger partial charge in [0.15, 0.2) is 0 Å². The van der Waals surface area contributed by atoms with E-state index in [-0.39, 0.29) is 25.0 Å². The Labute approximate surface area is 294 Å². The van der Waals surface area contributed by atoms with E-state index in [1.807, 2.05) is 70.2 Å². The molecule has 0 bridgehead atoms. The van der Waals surface area contributed by atoms with Gasteiger partial charge in [0.2, 0.25) is 11.8 Å². The molecule has 10 heteroatoms.